The molecule has 0 atom stereocenters. The molecule has 10 nitrogen and oxygen atoms in total. The predicted molar refractivity (Wildman–Crippen MR) is 54.0 cm³/mol. The Balaban J connectivity index is 2.32. The van der Waals surface area contributed by atoms with Gasteiger partial charge in [0, 0.05) is 0 Å². The van der Waals surface area contributed by atoms with Crippen LogP contribution >= 0.6 is 0 Å². The molecule has 10 heteroatoms. The molecule has 0 spiro atoms. The van der Waals surface area contributed by atoms with Crippen molar-refractivity contribution in [1.29, 1.82) is 0 Å². The standard InChI is InChI=1S/C8H7N5O5/c1-4-9-6(18-11-4)3-12-2-5(13(16)17)7(10-12)8(14)15/h2H,3H2,1H3,(H,14,15). The summed E-state index contributed by atoms with van der Waals surface area (Å²) in [6, 6.07) is 0. The van der Waals surface area contributed by atoms with Gasteiger partial charge in [-0.25, -0.2) is 4.79 Å². The quantitative estimate of drug-likeness (QED) is 0.603. The minimum absolute atomic E-state index is 0.0328. The Labute approximate surface area is 99.0 Å². The van der Waals surface area contributed by atoms with Gasteiger partial charge in [0.25, 0.3) is 0 Å². The molecule has 2 heterocycles. The predicted octanol–water partition coefficient (Wildman–Crippen LogP) is 0.229. The van der Waals surface area contributed by atoms with Crippen LogP contribution in [0.15, 0.2) is 10.7 Å². The average molecular weight is 253 g/mol. The number of nitro groups is 1. The first-order valence-electron chi connectivity index (χ1n) is 4.71. The van der Waals surface area contributed by atoms with Crippen LogP contribution in [0.4, 0.5) is 5.69 Å². The topological polar surface area (TPSA) is 137 Å². The van der Waals surface area contributed by atoms with Crippen molar-refractivity contribution < 1.29 is 19.3 Å². The van der Waals surface area contributed by atoms with Crippen LogP contribution < -0.4 is 0 Å². The number of aromatic carboxylic acids is 1. The summed E-state index contributed by atoms with van der Waals surface area (Å²) < 4.78 is 5.86. The molecule has 0 amide bonds. The number of aryl methyl sites for hydroxylation is 1. The van der Waals surface area contributed by atoms with E-state index in [-0.39, 0.29) is 12.4 Å². The monoisotopic (exact) mass is 253 g/mol. The summed E-state index contributed by atoms with van der Waals surface area (Å²) in [4.78, 5) is 24.5. The minimum atomic E-state index is -1.47. The fourth-order valence-electron chi connectivity index (χ4n) is 1.32. The molecule has 2 aromatic rings. The highest BCUT2D eigenvalue weighted by atomic mass is 16.6. The summed E-state index contributed by atoms with van der Waals surface area (Å²) in [6.07, 6.45) is 1.00. The second kappa shape index (κ2) is 4.24. The van der Waals surface area contributed by atoms with E-state index < -0.39 is 22.3 Å². The second-order valence-corrected chi connectivity index (χ2v) is 3.36. The van der Waals surface area contributed by atoms with E-state index in [2.05, 4.69) is 15.2 Å². The second-order valence-electron chi connectivity index (χ2n) is 3.36. The maximum absolute atomic E-state index is 10.8. The van der Waals surface area contributed by atoms with Crippen molar-refractivity contribution in [3.63, 3.8) is 0 Å². The van der Waals surface area contributed by atoms with Crippen LogP contribution in [0.2, 0.25) is 0 Å². The van der Waals surface area contributed by atoms with E-state index >= 15 is 0 Å². The lowest BCUT2D eigenvalue weighted by molar-refractivity contribution is -0.385. The highest BCUT2D eigenvalue weighted by molar-refractivity contribution is 5.89. The van der Waals surface area contributed by atoms with E-state index in [1.165, 1.54) is 0 Å². The van der Waals surface area contributed by atoms with Crippen molar-refractivity contribution in [3.05, 3.63) is 33.7 Å². The van der Waals surface area contributed by atoms with E-state index in [1.54, 1.807) is 6.92 Å². The molecule has 0 saturated carbocycles. The van der Waals surface area contributed by atoms with Crippen molar-refractivity contribution in [2.45, 2.75) is 13.5 Å². The zero-order valence-electron chi connectivity index (χ0n) is 9.10. The van der Waals surface area contributed by atoms with Crippen LogP contribution in [0.5, 0.6) is 0 Å². The van der Waals surface area contributed by atoms with Crippen molar-refractivity contribution in [3.8, 4) is 0 Å². The smallest absolute Gasteiger partial charge is 0.363 e. The molecule has 18 heavy (non-hydrogen) atoms. The Bertz CT molecular complexity index is 584. The lowest BCUT2D eigenvalue weighted by Crippen LogP contribution is -2.04. The van der Waals surface area contributed by atoms with E-state index in [4.69, 9.17) is 9.63 Å². The van der Waals surface area contributed by atoms with Gasteiger partial charge >= 0.3 is 11.7 Å². The summed E-state index contributed by atoms with van der Waals surface area (Å²) in [5.74, 6) is -0.880. The van der Waals surface area contributed by atoms with Crippen LogP contribution in [0.25, 0.3) is 0 Å². The molecular formula is C8H7N5O5. The number of carboxylic acids is 1. The van der Waals surface area contributed by atoms with Gasteiger partial charge in [0.1, 0.15) is 12.7 Å². The molecule has 94 valence electrons. The van der Waals surface area contributed by atoms with E-state index in [9.17, 15) is 14.9 Å². The Kier molecular flexibility index (Phi) is 2.75. The number of nitrogens with zero attached hydrogens (tertiary/aromatic N) is 5. The third-order valence-corrected chi connectivity index (χ3v) is 2.01. The summed E-state index contributed by atoms with van der Waals surface area (Å²) in [6.45, 7) is 1.58. The Morgan fingerprint density at radius 2 is 2.39 bits per heavy atom. The number of aromatic nitrogens is 4. The molecule has 1 N–H and O–H groups in total. The van der Waals surface area contributed by atoms with E-state index in [0.717, 1.165) is 10.9 Å². The van der Waals surface area contributed by atoms with Crippen LogP contribution in [0.1, 0.15) is 22.2 Å². The van der Waals surface area contributed by atoms with Crippen LogP contribution in [-0.4, -0.2) is 35.9 Å². The molecule has 0 unspecified atom stereocenters. The number of hydrogen-bond donors (Lipinski definition) is 1. The number of carboxylic acid groups (broad SMARTS) is 1. The number of carbonyl (C=O) groups is 1. The highest BCUT2D eigenvalue weighted by Crippen LogP contribution is 2.17. The first-order chi connectivity index (χ1) is 8.47. The molecule has 0 aliphatic rings. The van der Waals surface area contributed by atoms with Crippen LogP contribution in [0, 0.1) is 17.0 Å². The van der Waals surface area contributed by atoms with Crippen molar-refractivity contribution in [1.82, 2.24) is 19.9 Å². The Hall–Kier alpha value is -2.78. The van der Waals surface area contributed by atoms with Gasteiger partial charge in [0.15, 0.2) is 5.82 Å². The first-order valence-corrected chi connectivity index (χ1v) is 4.71. The average Bonchev–Trinajstić information content (AvgIpc) is 2.85. The zero-order valence-corrected chi connectivity index (χ0v) is 9.10. The molecule has 2 rings (SSSR count). The van der Waals surface area contributed by atoms with Crippen molar-refractivity contribution in [2.75, 3.05) is 0 Å². The summed E-state index contributed by atoms with van der Waals surface area (Å²) >= 11 is 0. The highest BCUT2D eigenvalue weighted by Gasteiger charge is 2.25. The fourth-order valence-corrected chi connectivity index (χ4v) is 1.32. The largest absolute Gasteiger partial charge is 0.476 e. The normalized spacial score (nSPS) is 10.5. The summed E-state index contributed by atoms with van der Waals surface area (Å²) in [5.41, 5.74) is -1.21. The van der Waals surface area contributed by atoms with Gasteiger partial charge in [0.05, 0.1) is 4.92 Å². The summed E-state index contributed by atoms with van der Waals surface area (Å²) in [7, 11) is 0. The van der Waals surface area contributed by atoms with Gasteiger partial charge in [-0.15, -0.1) is 0 Å². The molecule has 0 aliphatic heterocycles. The van der Waals surface area contributed by atoms with Gasteiger partial charge in [-0.2, -0.15) is 10.1 Å². The summed E-state index contributed by atoms with van der Waals surface area (Å²) in [5, 5.41) is 26.5. The van der Waals surface area contributed by atoms with Crippen LogP contribution in [-0.2, 0) is 6.54 Å². The molecule has 2 aromatic heterocycles. The fraction of sp³-hybridized carbons (Fsp3) is 0.250. The SMILES string of the molecule is Cc1noc(Cn2cc([N+](=O)[O-])c(C(=O)O)n2)n1. The van der Waals surface area contributed by atoms with Crippen molar-refractivity contribution >= 4 is 11.7 Å². The Morgan fingerprint density at radius 3 is 2.83 bits per heavy atom. The third-order valence-electron chi connectivity index (χ3n) is 2.01. The molecule has 0 aliphatic carbocycles. The number of rotatable bonds is 4. The molecule has 0 aromatic carbocycles. The minimum Gasteiger partial charge on any atom is -0.476 e. The Morgan fingerprint density at radius 1 is 1.67 bits per heavy atom. The van der Waals surface area contributed by atoms with Crippen LogP contribution in [0.3, 0.4) is 0 Å². The molecular weight excluding hydrogens is 246 g/mol. The maximum Gasteiger partial charge on any atom is 0.363 e. The van der Waals surface area contributed by atoms with Gasteiger partial charge < -0.3 is 9.63 Å². The van der Waals surface area contributed by atoms with E-state index in [1.807, 2.05) is 0 Å². The van der Waals surface area contributed by atoms with Gasteiger partial charge in [-0.05, 0) is 6.92 Å². The maximum atomic E-state index is 10.8. The van der Waals surface area contributed by atoms with E-state index in [0.29, 0.717) is 5.82 Å². The molecule has 0 fully saturated rings. The van der Waals surface area contributed by atoms with Gasteiger partial charge in [-0.3, -0.25) is 14.8 Å². The third kappa shape index (κ3) is 2.16. The zero-order chi connectivity index (χ0) is 13.3. The van der Waals surface area contributed by atoms with Crippen molar-refractivity contribution in [2.24, 2.45) is 0 Å². The first kappa shape index (κ1) is 11.7. The lowest BCUT2D eigenvalue weighted by Gasteiger charge is -1.92. The lowest BCUT2D eigenvalue weighted by atomic mass is 10.4. The molecule has 0 saturated heterocycles. The number of hydrogen-bond acceptors (Lipinski definition) is 7. The molecule has 0 radical (unpaired) electrons. The van der Waals surface area contributed by atoms with Gasteiger partial charge in [-0.1, -0.05) is 5.16 Å². The molecule has 0 bridgehead atoms. The van der Waals surface area contributed by atoms with Gasteiger partial charge in [0.2, 0.25) is 11.6 Å².